The molecular formula is C28H31N3O4. The van der Waals surface area contributed by atoms with Crippen LogP contribution in [0.5, 0.6) is 5.75 Å². The summed E-state index contributed by atoms with van der Waals surface area (Å²) >= 11 is 0. The number of ether oxygens (including phenoxy) is 1. The number of piperidine rings is 1. The highest BCUT2D eigenvalue weighted by Crippen LogP contribution is 2.40. The Morgan fingerprint density at radius 3 is 2.49 bits per heavy atom. The Morgan fingerprint density at radius 2 is 1.71 bits per heavy atom. The van der Waals surface area contributed by atoms with E-state index in [0.29, 0.717) is 30.6 Å². The Morgan fingerprint density at radius 1 is 0.886 bits per heavy atom. The number of carbonyl (C=O) groups excluding carboxylic acids is 3. The number of amides is 3. The van der Waals surface area contributed by atoms with Gasteiger partial charge in [-0.3, -0.25) is 24.6 Å². The zero-order chi connectivity index (χ0) is 23.9. The topological polar surface area (TPSA) is 79.0 Å². The first kappa shape index (κ1) is 22.3. The highest BCUT2D eigenvalue weighted by Gasteiger charge is 2.42. The molecular weight excluding hydrogens is 442 g/mol. The Labute approximate surface area is 205 Å². The van der Waals surface area contributed by atoms with Gasteiger partial charge in [-0.05, 0) is 61.4 Å². The van der Waals surface area contributed by atoms with Crippen LogP contribution in [0.2, 0.25) is 0 Å². The summed E-state index contributed by atoms with van der Waals surface area (Å²) in [5.41, 5.74) is 2.89. The molecule has 1 saturated carbocycles. The van der Waals surface area contributed by atoms with Gasteiger partial charge >= 0.3 is 0 Å². The first-order valence-corrected chi connectivity index (χ1v) is 12.8. The van der Waals surface area contributed by atoms with Gasteiger partial charge in [0.05, 0.1) is 0 Å². The monoisotopic (exact) mass is 473 g/mol. The minimum Gasteiger partial charge on any atom is -0.489 e. The highest BCUT2D eigenvalue weighted by atomic mass is 16.5. The van der Waals surface area contributed by atoms with E-state index in [0.717, 1.165) is 37.1 Å². The Hall–Kier alpha value is -3.19. The third kappa shape index (κ3) is 4.12. The lowest BCUT2D eigenvalue weighted by atomic mass is 9.85. The fourth-order valence-corrected chi connectivity index (χ4v) is 6.23. The molecule has 4 atom stereocenters. The van der Waals surface area contributed by atoms with Crippen LogP contribution in [-0.2, 0) is 16.1 Å². The number of hydrogen-bond acceptors (Lipinski definition) is 5. The smallest absolute Gasteiger partial charge is 0.255 e. The van der Waals surface area contributed by atoms with E-state index < -0.39 is 6.04 Å². The van der Waals surface area contributed by atoms with Crippen LogP contribution in [0, 0.1) is 0 Å². The summed E-state index contributed by atoms with van der Waals surface area (Å²) in [6.07, 6.45) is 6.49. The zero-order valence-electron chi connectivity index (χ0n) is 19.8. The van der Waals surface area contributed by atoms with E-state index in [1.807, 2.05) is 18.2 Å². The third-order valence-corrected chi connectivity index (χ3v) is 8.12. The quantitative estimate of drug-likeness (QED) is 0.672. The van der Waals surface area contributed by atoms with Gasteiger partial charge in [-0.1, -0.05) is 36.8 Å². The Bertz CT molecular complexity index is 1150. The van der Waals surface area contributed by atoms with Crippen LogP contribution in [0.4, 0.5) is 0 Å². The molecule has 0 bridgehead atoms. The second-order valence-electron chi connectivity index (χ2n) is 10.2. The van der Waals surface area contributed by atoms with Crippen LogP contribution < -0.4 is 10.1 Å². The zero-order valence-corrected chi connectivity index (χ0v) is 19.8. The summed E-state index contributed by atoms with van der Waals surface area (Å²) in [7, 11) is 0. The Kier molecular flexibility index (Phi) is 5.80. The molecule has 182 valence electrons. The van der Waals surface area contributed by atoms with Crippen molar-refractivity contribution >= 4 is 17.7 Å². The summed E-state index contributed by atoms with van der Waals surface area (Å²) in [6, 6.07) is 16.7. The molecule has 7 nitrogen and oxygen atoms in total. The van der Waals surface area contributed by atoms with Crippen molar-refractivity contribution in [3.8, 4) is 5.75 Å². The number of imide groups is 1. The lowest BCUT2D eigenvalue weighted by molar-refractivity contribution is -0.136. The van der Waals surface area contributed by atoms with Gasteiger partial charge in [-0.15, -0.1) is 0 Å². The number of likely N-dealkylation sites (tertiary alicyclic amines) is 1. The lowest BCUT2D eigenvalue weighted by Gasteiger charge is -2.50. The van der Waals surface area contributed by atoms with Crippen LogP contribution in [0.25, 0.3) is 0 Å². The highest BCUT2D eigenvalue weighted by molar-refractivity contribution is 6.05. The van der Waals surface area contributed by atoms with Crippen molar-refractivity contribution in [1.82, 2.24) is 15.1 Å². The van der Waals surface area contributed by atoms with Gasteiger partial charge in [0.1, 0.15) is 17.9 Å². The fourth-order valence-electron chi connectivity index (χ4n) is 6.23. The van der Waals surface area contributed by atoms with Crippen LogP contribution in [0.1, 0.15) is 72.5 Å². The molecule has 3 amide bonds. The predicted molar refractivity (Wildman–Crippen MR) is 130 cm³/mol. The summed E-state index contributed by atoms with van der Waals surface area (Å²) in [6.45, 7) is 1.47. The van der Waals surface area contributed by atoms with Gasteiger partial charge in [-0.2, -0.15) is 0 Å². The number of fused-ring (bicyclic) bond motifs is 1. The molecule has 3 heterocycles. The van der Waals surface area contributed by atoms with Gasteiger partial charge in [-0.25, -0.2) is 0 Å². The van der Waals surface area contributed by atoms with E-state index in [-0.39, 0.29) is 30.2 Å². The minimum absolute atomic E-state index is 0.122. The molecule has 2 unspecified atom stereocenters. The van der Waals surface area contributed by atoms with Crippen molar-refractivity contribution in [2.75, 3.05) is 6.54 Å². The molecule has 2 aromatic carbocycles. The van der Waals surface area contributed by atoms with Crippen molar-refractivity contribution < 1.29 is 19.1 Å². The lowest BCUT2D eigenvalue weighted by Crippen LogP contribution is -2.55. The molecule has 3 fully saturated rings. The average molecular weight is 474 g/mol. The van der Waals surface area contributed by atoms with Crippen molar-refractivity contribution in [2.45, 2.75) is 75.7 Å². The molecule has 2 saturated heterocycles. The second kappa shape index (κ2) is 9.11. The SMILES string of the molecule is O=C1CCC(N2Cc3cc(O[C@H]4CCCC[C@H]4N4CCC4c4ccccc4)ccc3C2=O)C(=O)N1. The van der Waals surface area contributed by atoms with Crippen LogP contribution in [-0.4, -0.2) is 52.3 Å². The van der Waals surface area contributed by atoms with E-state index in [2.05, 4.69) is 40.5 Å². The summed E-state index contributed by atoms with van der Waals surface area (Å²) in [5, 5.41) is 2.36. The number of hydrogen-bond donors (Lipinski definition) is 1. The normalized spacial score (nSPS) is 28.9. The third-order valence-electron chi connectivity index (χ3n) is 8.12. The first-order chi connectivity index (χ1) is 17.1. The van der Waals surface area contributed by atoms with Crippen LogP contribution >= 0.6 is 0 Å². The molecule has 0 radical (unpaired) electrons. The number of rotatable bonds is 5. The molecule has 7 heteroatoms. The molecule has 6 rings (SSSR count). The maximum atomic E-state index is 13.0. The molecule has 2 aromatic rings. The van der Waals surface area contributed by atoms with Gasteiger partial charge in [0.15, 0.2) is 0 Å². The van der Waals surface area contributed by atoms with Crippen LogP contribution in [0.3, 0.4) is 0 Å². The van der Waals surface area contributed by atoms with E-state index in [4.69, 9.17) is 4.74 Å². The number of carbonyl (C=O) groups is 3. The molecule has 35 heavy (non-hydrogen) atoms. The van der Waals surface area contributed by atoms with E-state index in [1.54, 1.807) is 4.90 Å². The molecule has 0 spiro atoms. The number of nitrogens with one attached hydrogen (secondary N) is 1. The fraction of sp³-hybridized carbons (Fsp3) is 0.464. The molecule has 1 aliphatic carbocycles. The minimum atomic E-state index is -0.596. The summed E-state index contributed by atoms with van der Waals surface area (Å²) in [5.74, 6) is -0.0190. The molecule has 3 aliphatic heterocycles. The van der Waals surface area contributed by atoms with Crippen molar-refractivity contribution in [3.63, 3.8) is 0 Å². The van der Waals surface area contributed by atoms with Gasteiger partial charge < -0.3 is 9.64 Å². The first-order valence-electron chi connectivity index (χ1n) is 12.8. The van der Waals surface area contributed by atoms with Crippen LogP contribution in [0.15, 0.2) is 48.5 Å². The van der Waals surface area contributed by atoms with E-state index in [9.17, 15) is 14.4 Å². The largest absolute Gasteiger partial charge is 0.489 e. The van der Waals surface area contributed by atoms with Gasteiger partial charge in [0.2, 0.25) is 11.8 Å². The summed E-state index contributed by atoms with van der Waals surface area (Å²) < 4.78 is 6.59. The average Bonchev–Trinajstić information content (AvgIpc) is 3.16. The van der Waals surface area contributed by atoms with E-state index >= 15 is 0 Å². The Balaban J connectivity index is 1.17. The molecule has 1 N–H and O–H groups in total. The van der Waals surface area contributed by atoms with E-state index in [1.165, 1.54) is 18.4 Å². The standard InChI is InChI=1S/C28H31N3O4/c32-26-13-12-24(27(33)29-26)31-17-19-16-20(10-11-21(19)28(31)34)35-25-9-5-4-8-23(25)30-15-14-22(30)18-6-2-1-3-7-18/h1-3,6-7,10-11,16,22-25H,4-5,8-9,12-15,17H2,(H,29,32,33)/t22?,23-,24?,25+/m1/s1. The van der Waals surface area contributed by atoms with Crippen molar-refractivity contribution in [2.24, 2.45) is 0 Å². The van der Waals surface area contributed by atoms with Crippen molar-refractivity contribution in [3.05, 3.63) is 65.2 Å². The maximum Gasteiger partial charge on any atom is 0.255 e. The maximum absolute atomic E-state index is 13.0. The molecule has 0 aromatic heterocycles. The number of benzene rings is 2. The number of nitrogens with zero attached hydrogens (tertiary/aromatic N) is 2. The predicted octanol–water partition coefficient (Wildman–Crippen LogP) is 3.58. The van der Waals surface area contributed by atoms with Gasteiger partial charge in [0, 0.05) is 37.2 Å². The van der Waals surface area contributed by atoms with Crippen molar-refractivity contribution in [1.29, 1.82) is 0 Å². The second-order valence-corrected chi connectivity index (χ2v) is 10.2. The molecule has 4 aliphatic rings. The van der Waals surface area contributed by atoms with Gasteiger partial charge in [0.25, 0.3) is 5.91 Å². The summed E-state index contributed by atoms with van der Waals surface area (Å²) in [4.78, 5) is 41.0.